The van der Waals surface area contributed by atoms with Crippen LogP contribution in [0.5, 0.6) is 5.75 Å². The molecule has 1 aliphatic heterocycles. The number of pyridine rings is 1. The molecule has 3 N–H and O–H groups in total. The zero-order chi connectivity index (χ0) is 23.8. The fourth-order valence-corrected chi connectivity index (χ4v) is 3.55. The summed E-state index contributed by atoms with van der Waals surface area (Å²) in [4.78, 5) is 27.5. The first kappa shape index (κ1) is 22.4. The first-order chi connectivity index (χ1) is 15.6. The zero-order valence-corrected chi connectivity index (χ0v) is 17.8. The maximum Gasteiger partial charge on any atom is 0.418 e. The monoisotopic (exact) mass is 476 g/mol. The number of hydrogen-bond donors (Lipinski definition) is 3. The number of ether oxygens (including phenoxy) is 1. The number of anilines is 3. The quantitative estimate of drug-likeness (QED) is 0.438. The van der Waals surface area contributed by atoms with Crippen LogP contribution in [-0.4, -0.2) is 16.9 Å². The summed E-state index contributed by atoms with van der Waals surface area (Å²) in [6.45, 7) is 1.75. The lowest BCUT2D eigenvalue weighted by atomic mass is 9.96. The normalized spacial score (nSPS) is 12.2. The van der Waals surface area contributed by atoms with Gasteiger partial charge in [-0.1, -0.05) is 17.7 Å². The van der Waals surface area contributed by atoms with Crippen molar-refractivity contribution in [1.29, 1.82) is 0 Å². The molecule has 2 aromatic carbocycles. The molecule has 0 fully saturated rings. The summed E-state index contributed by atoms with van der Waals surface area (Å²) in [5.74, 6) is 0.0669. The number of alkyl halides is 3. The second-order valence-electron chi connectivity index (χ2n) is 7.18. The molecule has 11 heteroatoms. The third-order valence-electron chi connectivity index (χ3n) is 4.74. The van der Waals surface area contributed by atoms with Crippen LogP contribution in [0.1, 0.15) is 18.1 Å². The highest BCUT2D eigenvalue weighted by Gasteiger charge is 2.34. The van der Waals surface area contributed by atoms with Gasteiger partial charge in [-0.2, -0.15) is 13.2 Å². The Kier molecular flexibility index (Phi) is 5.86. The molecule has 0 unspecified atom stereocenters. The Morgan fingerprint density at radius 1 is 1.00 bits per heavy atom. The molecule has 0 saturated heterocycles. The lowest BCUT2D eigenvalue weighted by Gasteiger charge is -2.22. The summed E-state index contributed by atoms with van der Waals surface area (Å²) >= 11 is 5.55. The fourth-order valence-electron chi connectivity index (χ4n) is 3.34. The predicted molar refractivity (Wildman–Crippen MR) is 117 cm³/mol. The largest absolute Gasteiger partial charge is 0.488 e. The number of nitrogens with zero attached hydrogens (tertiary/aromatic N) is 1. The van der Waals surface area contributed by atoms with Crippen molar-refractivity contribution in [2.75, 3.05) is 16.0 Å². The number of carbonyl (C=O) groups excluding carboxylic acids is 2. The average Bonchev–Trinajstić information content (AvgIpc) is 2.73. The molecule has 3 amide bonds. The van der Waals surface area contributed by atoms with Crippen LogP contribution in [0.4, 0.5) is 35.2 Å². The second-order valence-corrected chi connectivity index (χ2v) is 7.59. The number of aromatic nitrogens is 1. The molecule has 4 rings (SSSR count). The van der Waals surface area contributed by atoms with Gasteiger partial charge in [-0.25, -0.2) is 9.78 Å². The van der Waals surface area contributed by atoms with E-state index in [0.29, 0.717) is 35.4 Å². The van der Waals surface area contributed by atoms with Gasteiger partial charge in [0.1, 0.15) is 18.2 Å². The highest BCUT2D eigenvalue weighted by atomic mass is 35.5. The Morgan fingerprint density at radius 3 is 2.42 bits per heavy atom. The van der Waals surface area contributed by atoms with Gasteiger partial charge in [0.15, 0.2) is 0 Å². The number of halogens is 4. The van der Waals surface area contributed by atoms with Crippen molar-refractivity contribution in [1.82, 2.24) is 4.98 Å². The van der Waals surface area contributed by atoms with E-state index in [2.05, 4.69) is 20.9 Å². The number of hydrogen-bond acceptors (Lipinski definition) is 4. The lowest BCUT2D eigenvalue weighted by Crippen LogP contribution is -2.21. The third-order valence-corrected chi connectivity index (χ3v) is 5.04. The summed E-state index contributed by atoms with van der Waals surface area (Å²) in [5, 5.41) is 6.98. The van der Waals surface area contributed by atoms with Gasteiger partial charge in [-0.3, -0.25) is 10.1 Å². The van der Waals surface area contributed by atoms with Crippen molar-refractivity contribution in [2.45, 2.75) is 19.7 Å². The minimum absolute atomic E-state index is 0.209. The Morgan fingerprint density at radius 2 is 1.70 bits per heavy atom. The fraction of sp³-hybridized carbons (Fsp3) is 0.136. The molecule has 7 nitrogen and oxygen atoms in total. The Balaban J connectivity index is 1.56. The van der Waals surface area contributed by atoms with E-state index in [-0.39, 0.29) is 11.7 Å². The van der Waals surface area contributed by atoms with Crippen LogP contribution < -0.4 is 20.7 Å². The Hall–Kier alpha value is -3.79. The summed E-state index contributed by atoms with van der Waals surface area (Å²) in [5.41, 5.74) is 2.28. The lowest BCUT2D eigenvalue weighted by molar-refractivity contribution is -0.137. The third kappa shape index (κ3) is 5.01. The molecule has 0 spiro atoms. The number of fused-ring (bicyclic) bond motifs is 3. The minimum atomic E-state index is -4.69. The minimum Gasteiger partial charge on any atom is -0.488 e. The first-order valence-electron chi connectivity index (χ1n) is 9.58. The molecular weight excluding hydrogens is 461 g/mol. The molecule has 170 valence electrons. The maximum atomic E-state index is 13.0. The summed E-state index contributed by atoms with van der Waals surface area (Å²) in [7, 11) is 0. The smallest absolute Gasteiger partial charge is 0.418 e. The average molecular weight is 477 g/mol. The van der Waals surface area contributed by atoms with E-state index in [1.807, 2.05) is 6.07 Å². The van der Waals surface area contributed by atoms with Gasteiger partial charge >= 0.3 is 12.2 Å². The van der Waals surface area contributed by atoms with E-state index in [4.69, 9.17) is 16.3 Å². The van der Waals surface area contributed by atoms with Crippen molar-refractivity contribution in [3.05, 3.63) is 64.8 Å². The first-order valence-corrected chi connectivity index (χ1v) is 9.96. The van der Waals surface area contributed by atoms with Crippen molar-refractivity contribution in [3.8, 4) is 16.9 Å². The number of benzene rings is 2. The predicted octanol–water partition coefficient (Wildman–Crippen LogP) is 5.92. The molecule has 33 heavy (non-hydrogen) atoms. The molecule has 0 aliphatic carbocycles. The van der Waals surface area contributed by atoms with Crippen molar-refractivity contribution in [3.63, 3.8) is 0 Å². The van der Waals surface area contributed by atoms with Crippen molar-refractivity contribution < 1.29 is 27.5 Å². The second kappa shape index (κ2) is 8.62. The zero-order valence-electron chi connectivity index (χ0n) is 17.0. The van der Waals surface area contributed by atoms with Crippen molar-refractivity contribution >= 4 is 40.7 Å². The van der Waals surface area contributed by atoms with Crippen LogP contribution in [0.25, 0.3) is 11.1 Å². The molecule has 0 atom stereocenters. The highest BCUT2D eigenvalue weighted by molar-refractivity contribution is 6.31. The van der Waals surface area contributed by atoms with Gasteiger partial charge in [-0.15, -0.1) is 0 Å². The molecule has 0 bridgehead atoms. The Bertz CT molecular complexity index is 1260. The SMILES string of the molecule is CC(=O)Nc1ccc2c(c1)-c1cc(NC(=O)Nc3cc(C(F)(F)F)c(Cl)cn3)ccc1OC2. The van der Waals surface area contributed by atoms with E-state index in [1.54, 1.807) is 30.3 Å². The molecule has 0 radical (unpaired) electrons. The van der Waals surface area contributed by atoms with Crippen LogP contribution in [0.3, 0.4) is 0 Å². The van der Waals surface area contributed by atoms with Gasteiger partial charge in [0, 0.05) is 30.1 Å². The van der Waals surface area contributed by atoms with Crippen LogP contribution in [-0.2, 0) is 17.6 Å². The summed E-state index contributed by atoms with van der Waals surface area (Å²) in [6, 6.07) is 10.2. The van der Waals surface area contributed by atoms with Crippen LogP contribution >= 0.6 is 11.6 Å². The van der Waals surface area contributed by atoms with Gasteiger partial charge in [0.2, 0.25) is 5.91 Å². The number of carbonyl (C=O) groups is 2. The molecule has 1 aliphatic rings. The summed E-state index contributed by atoms with van der Waals surface area (Å²) in [6.07, 6.45) is -3.87. The van der Waals surface area contributed by atoms with Gasteiger partial charge < -0.3 is 15.4 Å². The van der Waals surface area contributed by atoms with Gasteiger partial charge in [-0.05, 0) is 47.5 Å². The molecule has 0 saturated carbocycles. The number of urea groups is 1. The van der Waals surface area contributed by atoms with E-state index in [9.17, 15) is 22.8 Å². The molecule has 2 heterocycles. The molecular formula is C22H16ClF3N4O3. The molecule has 1 aromatic heterocycles. The topological polar surface area (TPSA) is 92.4 Å². The van der Waals surface area contributed by atoms with Gasteiger partial charge in [0.05, 0.1) is 10.6 Å². The van der Waals surface area contributed by atoms with E-state index < -0.39 is 22.8 Å². The summed E-state index contributed by atoms with van der Waals surface area (Å²) < 4.78 is 44.8. The van der Waals surface area contributed by atoms with Crippen LogP contribution in [0.2, 0.25) is 5.02 Å². The van der Waals surface area contributed by atoms with E-state index in [1.165, 1.54) is 6.92 Å². The highest BCUT2D eigenvalue weighted by Crippen LogP contribution is 2.40. The number of nitrogens with one attached hydrogen (secondary N) is 3. The van der Waals surface area contributed by atoms with E-state index in [0.717, 1.165) is 17.3 Å². The maximum absolute atomic E-state index is 13.0. The Labute approximate surface area is 190 Å². The van der Waals surface area contributed by atoms with Crippen molar-refractivity contribution in [2.24, 2.45) is 0 Å². The van der Waals surface area contributed by atoms with E-state index >= 15 is 0 Å². The van der Waals surface area contributed by atoms with Gasteiger partial charge in [0.25, 0.3) is 0 Å². The number of rotatable bonds is 3. The molecule has 3 aromatic rings. The van der Waals surface area contributed by atoms with Crippen LogP contribution in [0.15, 0.2) is 48.7 Å². The van der Waals surface area contributed by atoms with Crippen LogP contribution in [0, 0.1) is 0 Å². The standard InChI is InChI=1S/C22H16ClF3N4O3/c1-11(31)28-13-3-2-12-10-33-19-5-4-14(7-16(19)15(12)6-13)29-21(32)30-20-8-17(22(24,25)26)18(23)9-27-20/h2-9H,10H2,1H3,(H,28,31)(H2,27,29,30,32). The number of amides is 3.